The fraction of sp³-hybridized carbons (Fsp3) is 0.500. The van der Waals surface area contributed by atoms with Crippen LogP contribution in [0.2, 0.25) is 0 Å². The Morgan fingerprint density at radius 2 is 1.95 bits per heavy atom. The van der Waals surface area contributed by atoms with Crippen molar-refractivity contribution < 1.29 is 9.59 Å². The molecule has 4 nitrogen and oxygen atoms in total. The lowest BCUT2D eigenvalue weighted by molar-refractivity contribution is -0.123. The van der Waals surface area contributed by atoms with Crippen molar-refractivity contribution in [2.24, 2.45) is 5.41 Å². The summed E-state index contributed by atoms with van der Waals surface area (Å²) in [5.74, 6) is 0.319. The zero-order chi connectivity index (χ0) is 15.5. The number of hydrogen-bond donors (Lipinski definition) is 1. The summed E-state index contributed by atoms with van der Waals surface area (Å²) in [6.45, 7) is 4.37. The zero-order valence-corrected chi connectivity index (χ0v) is 13.2. The summed E-state index contributed by atoms with van der Waals surface area (Å²) >= 11 is 5.79. The first-order valence-electron chi connectivity index (χ1n) is 7.22. The van der Waals surface area contributed by atoms with Crippen molar-refractivity contribution in [2.75, 3.05) is 22.6 Å². The molecule has 0 radical (unpaired) electrons. The fourth-order valence-corrected chi connectivity index (χ4v) is 2.29. The number of anilines is 2. The highest BCUT2D eigenvalue weighted by atomic mass is 35.5. The minimum Gasteiger partial charge on any atom is -0.326 e. The minimum absolute atomic E-state index is 0.112. The number of alkyl halides is 1. The highest BCUT2D eigenvalue weighted by Gasteiger charge is 2.26. The number of nitrogens with zero attached hydrogens (tertiary/aromatic N) is 1. The number of halogens is 1. The molecule has 1 N–H and O–H groups in total. The van der Waals surface area contributed by atoms with Crippen LogP contribution < -0.4 is 10.2 Å². The number of rotatable bonds is 4. The van der Waals surface area contributed by atoms with Gasteiger partial charge in [0.1, 0.15) is 0 Å². The van der Waals surface area contributed by atoms with Gasteiger partial charge >= 0.3 is 0 Å². The normalized spacial score (nSPS) is 16.0. The van der Waals surface area contributed by atoms with Crippen LogP contribution in [0.1, 0.15) is 33.1 Å². The lowest BCUT2D eigenvalue weighted by atomic mass is 9.95. The van der Waals surface area contributed by atoms with Crippen LogP contribution in [-0.2, 0) is 9.59 Å². The van der Waals surface area contributed by atoms with Crippen molar-refractivity contribution in [1.29, 1.82) is 0 Å². The number of carbonyl (C=O) groups excluding carboxylic acids is 2. The number of benzene rings is 1. The van der Waals surface area contributed by atoms with Gasteiger partial charge in [0.25, 0.3) is 0 Å². The van der Waals surface area contributed by atoms with Crippen LogP contribution in [0.15, 0.2) is 24.3 Å². The van der Waals surface area contributed by atoms with Gasteiger partial charge in [0, 0.05) is 30.2 Å². The second kappa shape index (κ2) is 6.48. The summed E-state index contributed by atoms with van der Waals surface area (Å²) in [6, 6.07) is 7.37. The van der Waals surface area contributed by atoms with Gasteiger partial charge in [-0.25, -0.2) is 0 Å². The van der Waals surface area contributed by atoms with Gasteiger partial charge < -0.3 is 10.2 Å². The van der Waals surface area contributed by atoms with E-state index in [0.717, 1.165) is 25.1 Å². The molecule has 5 heteroatoms. The van der Waals surface area contributed by atoms with Crippen molar-refractivity contribution in [2.45, 2.75) is 33.1 Å². The molecular weight excluding hydrogens is 288 g/mol. The Balaban J connectivity index is 2.05. The first-order chi connectivity index (χ1) is 9.94. The molecule has 0 aromatic heterocycles. The van der Waals surface area contributed by atoms with E-state index in [0.29, 0.717) is 12.1 Å². The Morgan fingerprint density at radius 3 is 2.52 bits per heavy atom. The lowest BCUT2D eigenvalue weighted by Crippen LogP contribution is -2.35. The largest absolute Gasteiger partial charge is 0.326 e. The first-order valence-corrected chi connectivity index (χ1v) is 7.75. The summed E-state index contributed by atoms with van der Waals surface area (Å²) in [6.07, 6.45) is 2.62. The minimum atomic E-state index is -0.608. The van der Waals surface area contributed by atoms with E-state index in [9.17, 15) is 9.59 Å². The third kappa shape index (κ3) is 3.76. The molecule has 21 heavy (non-hydrogen) atoms. The maximum Gasteiger partial charge on any atom is 0.231 e. The van der Waals surface area contributed by atoms with Crippen molar-refractivity contribution in [3.63, 3.8) is 0 Å². The van der Waals surface area contributed by atoms with Crippen LogP contribution >= 0.6 is 11.6 Å². The Hall–Kier alpha value is -1.55. The number of carbonyl (C=O) groups is 2. The van der Waals surface area contributed by atoms with E-state index in [1.807, 2.05) is 24.3 Å². The molecule has 1 heterocycles. The van der Waals surface area contributed by atoms with E-state index in [-0.39, 0.29) is 17.7 Å². The van der Waals surface area contributed by atoms with E-state index in [2.05, 4.69) is 5.32 Å². The van der Waals surface area contributed by atoms with Crippen LogP contribution in [0.4, 0.5) is 11.4 Å². The smallest absolute Gasteiger partial charge is 0.231 e. The van der Waals surface area contributed by atoms with Gasteiger partial charge in [-0.05, 0) is 51.0 Å². The van der Waals surface area contributed by atoms with Gasteiger partial charge in [0.15, 0.2) is 0 Å². The monoisotopic (exact) mass is 308 g/mol. The molecule has 0 atom stereocenters. The van der Waals surface area contributed by atoms with Gasteiger partial charge in [0.2, 0.25) is 11.8 Å². The average Bonchev–Trinajstić information content (AvgIpc) is 2.48. The first kappa shape index (κ1) is 15.8. The molecule has 1 aliphatic rings. The van der Waals surface area contributed by atoms with E-state index in [1.54, 1.807) is 18.7 Å². The fourth-order valence-electron chi connectivity index (χ4n) is 2.16. The second-order valence-electron chi connectivity index (χ2n) is 6.02. The van der Waals surface area contributed by atoms with E-state index >= 15 is 0 Å². The zero-order valence-electron chi connectivity index (χ0n) is 12.5. The molecule has 2 amide bonds. The van der Waals surface area contributed by atoms with E-state index in [1.165, 1.54) is 0 Å². The molecular formula is C16H21ClN2O2. The molecule has 1 aromatic carbocycles. The second-order valence-corrected chi connectivity index (χ2v) is 6.29. The summed E-state index contributed by atoms with van der Waals surface area (Å²) < 4.78 is 0. The number of hydrogen-bond acceptors (Lipinski definition) is 2. The van der Waals surface area contributed by atoms with Gasteiger partial charge in [-0.1, -0.05) is 0 Å². The predicted molar refractivity (Wildman–Crippen MR) is 85.8 cm³/mol. The number of nitrogens with one attached hydrogen (secondary N) is 1. The number of piperidine rings is 1. The highest BCUT2D eigenvalue weighted by molar-refractivity contribution is 6.20. The van der Waals surface area contributed by atoms with Gasteiger partial charge in [0.05, 0.1) is 5.41 Å². The van der Waals surface area contributed by atoms with Gasteiger partial charge in [-0.2, -0.15) is 0 Å². The van der Waals surface area contributed by atoms with Crippen LogP contribution in [0.5, 0.6) is 0 Å². The summed E-state index contributed by atoms with van der Waals surface area (Å²) in [4.78, 5) is 25.7. The Kier molecular flexibility index (Phi) is 4.88. The summed E-state index contributed by atoms with van der Waals surface area (Å²) in [7, 11) is 0. The molecule has 0 spiro atoms. The summed E-state index contributed by atoms with van der Waals surface area (Å²) in [5, 5.41) is 2.85. The molecule has 0 bridgehead atoms. The number of amides is 2. The molecule has 1 saturated heterocycles. The van der Waals surface area contributed by atoms with Crippen LogP contribution in [-0.4, -0.2) is 24.2 Å². The lowest BCUT2D eigenvalue weighted by Gasteiger charge is -2.27. The Labute approximate surface area is 130 Å². The molecule has 1 fully saturated rings. The third-order valence-electron chi connectivity index (χ3n) is 3.71. The van der Waals surface area contributed by atoms with Crippen LogP contribution in [0.3, 0.4) is 0 Å². The third-order valence-corrected chi connectivity index (χ3v) is 4.38. The molecule has 0 saturated carbocycles. The van der Waals surface area contributed by atoms with Crippen molar-refractivity contribution in [3.8, 4) is 0 Å². The molecule has 1 aliphatic heterocycles. The molecule has 1 aromatic rings. The van der Waals surface area contributed by atoms with Crippen molar-refractivity contribution in [1.82, 2.24) is 0 Å². The van der Waals surface area contributed by atoms with E-state index < -0.39 is 5.41 Å². The highest BCUT2D eigenvalue weighted by Crippen LogP contribution is 2.24. The SMILES string of the molecule is CC(C)(CCl)C(=O)Nc1ccc(N2CCCCC2=O)cc1. The Bertz CT molecular complexity index is 526. The maximum atomic E-state index is 12.0. The van der Waals surface area contributed by atoms with Crippen LogP contribution in [0.25, 0.3) is 0 Å². The van der Waals surface area contributed by atoms with Gasteiger partial charge in [-0.15, -0.1) is 11.6 Å². The Morgan fingerprint density at radius 1 is 1.29 bits per heavy atom. The molecule has 0 aliphatic carbocycles. The maximum absolute atomic E-state index is 12.0. The standard InChI is InChI=1S/C16H21ClN2O2/c1-16(2,11-17)15(21)18-12-6-8-13(9-7-12)19-10-4-3-5-14(19)20/h6-9H,3-5,10-11H2,1-2H3,(H,18,21). The average molecular weight is 309 g/mol. The van der Waals surface area contributed by atoms with Crippen LogP contribution in [0, 0.1) is 5.41 Å². The topological polar surface area (TPSA) is 49.4 Å². The molecule has 0 unspecified atom stereocenters. The molecule has 114 valence electrons. The van der Waals surface area contributed by atoms with E-state index in [4.69, 9.17) is 11.6 Å². The van der Waals surface area contributed by atoms with Gasteiger partial charge in [-0.3, -0.25) is 9.59 Å². The summed E-state index contributed by atoms with van der Waals surface area (Å²) in [5.41, 5.74) is 0.990. The molecule has 2 rings (SSSR count). The quantitative estimate of drug-likeness (QED) is 0.867. The predicted octanol–water partition coefficient (Wildman–Crippen LogP) is 3.41. The van der Waals surface area contributed by atoms with Crippen molar-refractivity contribution >= 4 is 34.8 Å². The van der Waals surface area contributed by atoms with Crippen molar-refractivity contribution in [3.05, 3.63) is 24.3 Å².